The molecule has 0 aromatic heterocycles. The normalized spacial score (nSPS) is 9.23. The number of hydrogen-bond donors (Lipinski definition) is 0. The third-order valence-corrected chi connectivity index (χ3v) is 0.816. The summed E-state index contributed by atoms with van der Waals surface area (Å²) in [5, 5.41) is 0. The van der Waals surface area contributed by atoms with E-state index in [1.54, 1.807) is 0 Å². The first-order valence-electron chi connectivity index (χ1n) is 5.73. The monoisotopic (exact) mass is 188 g/mol. The van der Waals surface area contributed by atoms with Gasteiger partial charge in [-0.15, -0.1) is 0 Å². The molecule has 0 atom stereocenters. The van der Waals surface area contributed by atoms with Gasteiger partial charge in [0.1, 0.15) is 0 Å². The summed E-state index contributed by atoms with van der Waals surface area (Å²) in [6.07, 6.45) is 1.31. The highest BCUT2D eigenvalue weighted by Gasteiger charge is 1.80. The molecule has 13 heavy (non-hydrogen) atoms. The van der Waals surface area contributed by atoms with Crippen molar-refractivity contribution in [1.29, 1.82) is 0 Å². The molecule has 0 rings (SSSR count). The summed E-state index contributed by atoms with van der Waals surface area (Å²) < 4.78 is 0. The first-order chi connectivity index (χ1) is 5.73. The highest BCUT2D eigenvalue weighted by Crippen LogP contribution is 1.93. The van der Waals surface area contributed by atoms with Crippen LogP contribution in [0.15, 0.2) is 0 Å². The Balaban J connectivity index is -0.000000117. The van der Waals surface area contributed by atoms with E-state index in [0.29, 0.717) is 0 Å². The van der Waals surface area contributed by atoms with Crippen LogP contribution in [0.2, 0.25) is 0 Å². The van der Waals surface area contributed by atoms with Gasteiger partial charge in [-0.2, -0.15) is 0 Å². The van der Waals surface area contributed by atoms with Crippen molar-refractivity contribution in [2.75, 3.05) is 0 Å². The van der Waals surface area contributed by atoms with Gasteiger partial charge >= 0.3 is 0 Å². The van der Waals surface area contributed by atoms with Crippen LogP contribution in [0, 0.1) is 17.8 Å². The van der Waals surface area contributed by atoms with Gasteiger partial charge in [0.25, 0.3) is 0 Å². The molecule has 84 valence electrons. The van der Waals surface area contributed by atoms with Crippen LogP contribution >= 0.6 is 0 Å². The van der Waals surface area contributed by atoms with Crippen LogP contribution < -0.4 is 0 Å². The lowest BCUT2D eigenvalue weighted by Crippen LogP contribution is -1.77. The molecule has 0 bridgehead atoms. The van der Waals surface area contributed by atoms with E-state index in [0.717, 1.165) is 17.8 Å². The molecule has 0 fully saturated rings. The molecule has 0 radical (unpaired) electrons. The Morgan fingerprint density at radius 2 is 0.692 bits per heavy atom. The molecule has 0 aliphatic rings. The first kappa shape index (κ1) is 18.7. The molecule has 0 saturated heterocycles. The highest BCUT2D eigenvalue weighted by molar-refractivity contribution is 4.32. The molecule has 0 heterocycles. The van der Waals surface area contributed by atoms with Crippen LogP contribution in [0.3, 0.4) is 0 Å². The fourth-order valence-electron chi connectivity index (χ4n) is 0. The third kappa shape index (κ3) is 300. The maximum Gasteiger partial charge on any atom is -0.0474 e. The topological polar surface area (TPSA) is 0 Å². The SMILES string of the molecule is CC(C)C.CC(C)C.CCC(C)C. The Labute approximate surface area is 87.1 Å². The van der Waals surface area contributed by atoms with Crippen molar-refractivity contribution < 1.29 is 0 Å². The Bertz CT molecular complexity index is 48.9. The molecule has 0 amide bonds. The minimum Gasteiger partial charge on any atom is -0.0651 e. The zero-order valence-corrected chi connectivity index (χ0v) is 11.4. The highest BCUT2D eigenvalue weighted by atomic mass is 13.9. The molecule has 0 unspecified atom stereocenters. The fourth-order valence-corrected chi connectivity index (χ4v) is 0. The maximum atomic E-state index is 2.22. The lowest BCUT2D eigenvalue weighted by atomic mass is 10.2. The number of hydrogen-bond acceptors (Lipinski definition) is 0. The van der Waals surface area contributed by atoms with E-state index in [-0.39, 0.29) is 0 Å². The van der Waals surface area contributed by atoms with E-state index in [1.165, 1.54) is 6.42 Å². The zero-order chi connectivity index (χ0) is 11.4. The van der Waals surface area contributed by atoms with Gasteiger partial charge < -0.3 is 0 Å². The summed E-state index contributed by atoms with van der Waals surface area (Å²) in [5.74, 6) is 2.55. The van der Waals surface area contributed by atoms with Crippen molar-refractivity contribution in [3.05, 3.63) is 0 Å². The summed E-state index contributed by atoms with van der Waals surface area (Å²) in [5.41, 5.74) is 0. The first-order valence-corrected chi connectivity index (χ1v) is 5.73. The summed E-state index contributed by atoms with van der Waals surface area (Å²) >= 11 is 0. The summed E-state index contributed by atoms with van der Waals surface area (Å²) in [6.45, 7) is 19.6. The van der Waals surface area contributed by atoms with Crippen molar-refractivity contribution >= 4 is 0 Å². The smallest absolute Gasteiger partial charge is 0.0474 e. The lowest BCUT2D eigenvalue weighted by Gasteiger charge is -1.90. The van der Waals surface area contributed by atoms with E-state index in [1.807, 2.05) is 0 Å². The predicted octanol–water partition coefficient (Wildman–Crippen LogP) is 5.38. The summed E-state index contributed by atoms with van der Waals surface area (Å²) in [4.78, 5) is 0. The molecule has 0 saturated carbocycles. The molecule has 0 nitrogen and oxygen atoms in total. The largest absolute Gasteiger partial charge is 0.0651 e. The van der Waals surface area contributed by atoms with Crippen molar-refractivity contribution in [1.82, 2.24) is 0 Å². The zero-order valence-electron chi connectivity index (χ0n) is 11.4. The Morgan fingerprint density at radius 3 is 0.692 bits per heavy atom. The van der Waals surface area contributed by atoms with Gasteiger partial charge in [-0.3, -0.25) is 0 Å². The summed E-state index contributed by atoms with van der Waals surface area (Å²) in [7, 11) is 0. The summed E-state index contributed by atoms with van der Waals surface area (Å²) in [6, 6.07) is 0. The minimum atomic E-state index is 0.833. The van der Waals surface area contributed by atoms with Gasteiger partial charge in [-0.05, 0) is 17.8 Å². The van der Waals surface area contributed by atoms with Crippen LogP contribution in [0.25, 0.3) is 0 Å². The van der Waals surface area contributed by atoms with E-state index >= 15 is 0 Å². The minimum absolute atomic E-state index is 0.833. The Morgan fingerprint density at radius 1 is 0.615 bits per heavy atom. The maximum absolute atomic E-state index is 2.22. The fraction of sp³-hybridized carbons (Fsp3) is 1.00. The van der Waals surface area contributed by atoms with Crippen LogP contribution in [0.1, 0.15) is 68.7 Å². The molecular weight excluding hydrogens is 156 g/mol. The molecule has 0 aromatic rings. The molecule has 0 N–H and O–H groups in total. The quantitative estimate of drug-likeness (QED) is 0.518. The van der Waals surface area contributed by atoms with E-state index in [9.17, 15) is 0 Å². The average molecular weight is 188 g/mol. The van der Waals surface area contributed by atoms with E-state index in [2.05, 4.69) is 62.3 Å². The second-order valence-electron chi connectivity index (χ2n) is 5.27. The number of rotatable bonds is 1. The standard InChI is InChI=1S/C5H12.2C4H10/c1-4-5(2)3;2*1-4(2)3/h5H,4H2,1-3H3;2*4H,1-3H3. The second kappa shape index (κ2) is 14.5. The predicted molar refractivity (Wildman–Crippen MR) is 66.2 cm³/mol. The molecule has 0 aromatic carbocycles. The third-order valence-electron chi connectivity index (χ3n) is 0.816. The van der Waals surface area contributed by atoms with Gasteiger partial charge in [0.05, 0.1) is 0 Å². The van der Waals surface area contributed by atoms with Gasteiger partial charge in [0.15, 0.2) is 0 Å². The molecule has 0 spiro atoms. The van der Waals surface area contributed by atoms with E-state index in [4.69, 9.17) is 0 Å². The van der Waals surface area contributed by atoms with Crippen LogP contribution in [0.4, 0.5) is 0 Å². The van der Waals surface area contributed by atoms with Gasteiger partial charge in [0.2, 0.25) is 0 Å². The van der Waals surface area contributed by atoms with Gasteiger partial charge in [-0.25, -0.2) is 0 Å². The van der Waals surface area contributed by atoms with E-state index < -0.39 is 0 Å². The van der Waals surface area contributed by atoms with Crippen molar-refractivity contribution in [3.63, 3.8) is 0 Å². The second-order valence-corrected chi connectivity index (χ2v) is 5.27. The Kier molecular flexibility index (Phi) is 20.9. The van der Waals surface area contributed by atoms with Crippen LogP contribution in [-0.2, 0) is 0 Å². The van der Waals surface area contributed by atoms with Crippen LogP contribution in [-0.4, -0.2) is 0 Å². The van der Waals surface area contributed by atoms with Crippen LogP contribution in [0.5, 0.6) is 0 Å². The molecule has 0 heteroatoms. The van der Waals surface area contributed by atoms with Crippen molar-refractivity contribution in [2.45, 2.75) is 68.7 Å². The Hall–Kier alpha value is 0. The van der Waals surface area contributed by atoms with Gasteiger partial charge in [-0.1, -0.05) is 68.7 Å². The molecular formula is C13H32. The average Bonchev–Trinajstić information content (AvgIpc) is 1.84. The van der Waals surface area contributed by atoms with Crippen molar-refractivity contribution in [2.24, 2.45) is 17.8 Å². The van der Waals surface area contributed by atoms with Crippen molar-refractivity contribution in [3.8, 4) is 0 Å². The van der Waals surface area contributed by atoms with Gasteiger partial charge in [0, 0.05) is 0 Å². The molecule has 0 aliphatic carbocycles. The lowest BCUT2D eigenvalue weighted by molar-refractivity contribution is 0.626. The molecule has 0 aliphatic heterocycles.